The van der Waals surface area contributed by atoms with Gasteiger partial charge in [-0.15, -0.1) is 0 Å². The number of aliphatic hydroxyl groups excluding tert-OH is 1. The normalized spacial score (nSPS) is 12.7. The molecule has 134 valence electrons. The van der Waals surface area contributed by atoms with Gasteiger partial charge < -0.3 is 19.3 Å². The lowest BCUT2D eigenvalue weighted by Crippen LogP contribution is -2.14. The summed E-state index contributed by atoms with van der Waals surface area (Å²) in [5.41, 5.74) is 0. The first-order valence-electron chi connectivity index (χ1n) is 9.19. The van der Waals surface area contributed by atoms with Crippen molar-refractivity contribution in [2.24, 2.45) is 5.92 Å². The Labute approximate surface area is 137 Å². The summed E-state index contributed by atoms with van der Waals surface area (Å²) in [5, 5.41) is 8.54. The molecule has 1 unspecified atom stereocenters. The van der Waals surface area contributed by atoms with Gasteiger partial charge in [-0.1, -0.05) is 58.8 Å². The SMILES string of the molecule is CCCCCCCCC(CC)COCCOCCOCCO. The molecule has 0 aromatic rings. The first-order valence-corrected chi connectivity index (χ1v) is 9.19. The lowest BCUT2D eigenvalue weighted by atomic mass is 9.99. The maximum Gasteiger partial charge on any atom is 0.0701 e. The Morgan fingerprint density at radius 2 is 1.32 bits per heavy atom. The Bertz CT molecular complexity index is 200. The second kappa shape index (κ2) is 18.9. The van der Waals surface area contributed by atoms with E-state index in [-0.39, 0.29) is 6.61 Å². The van der Waals surface area contributed by atoms with Gasteiger partial charge in [0.25, 0.3) is 0 Å². The van der Waals surface area contributed by atoms with Gasteiger partial charge in [0, 0.05) is 6.61 Å². The summed E-state index contributed by atoms with van der Waals surface area (Å²) in [5.74, 6) is 0.694. The minimum absolute atomic E-state index is 0.0696. The highest BCUT2D eigenvalue weighted by Gasteiger charge is 2.06. The van der Waals surface area contributed by atoms with Gasteiger partial charge in [0.05, 0.1) is 39.6 Å². The summed E-state index contributed by atoms with van der Waals surface area (Å²) in [6, 6.07) is 0. The van der Waals surface area contributed by atoms with Gasteiger partial charge in [-0.05, 0) is 12.3 Å². The second-order valence-corrected chi connectivity index (χ2v) is 5.85. The van der Waals surface area contributed by atoms with Gasteiger partial charge in [0.1, 0.15) is 0 Å². The first kappa shape index (κ1) is 21.8. The maximum atomic E-state index is 8.54. The van der Waals surface area contributed by atoms with Crippen LogP contribution in [0.4, 0.5) is 0 Å². The van der Waals surface area contributed by atoms with Crippen LogP contribution in [0.2, 0.25) is 0 Å². The molecule has 0 saturated carbocycles. The second-order valence-electron chi connectivity index (χ2n) is 5.85. The van der Waals surface area contributed by atoms with Crippen LogP contribution in [0, 0.1) is 5.92 Å². The number of ether oxygens (including phenoxy) is 3. The average Bonchev–Trinajstić information content (AvgIpc) is 2.54. The van der Waals surface area contributed by atoms with Gasteiger partial charge in [0.2, 0.25) is 0 Å². The molecule has 0 aliphatic heterocycles. The van der Waals surface area contributed by atoms with Crippen molar-refractivity contribution in [2.45, 2.75) is 65.2 Å². The minimum Gasteiger partial charge on any atom is -0.394 e. The van der Waals surface area contributed by atoms with Crippen molar-refractivity contribution in [3.63, 3.8) is 0 Å². The molecule has 0 radical (unpaired) electrons. The van der Waals surface area contributed by atoms with Gasteiger partial charge in [-0.2, -0.15) is 0 Å². The molecule has 0 aromatic heterocycles. The summed E-state index contributed by atoms with van der Waals surface area (Å²) in [4.78, 5) is 0. The molecule has 4 heteroatoms. The third-order valence-corrected chi connectivity index (χ3v) is 3.88. The van der Waals surface area contributed by atoms with Crippen LogP contribution in [-0.2, 0) is 14.2 Å². The van der Waals surface area contributed by atoms with Gasteiger partial charge in [-0.25, -0.2) is 0 Å². The van der Waals surface area contributed by atoms with Crippen LogP contribution in [-0.4, -0.2) is 51.4 Å². The Morgan fingerprint density at radius 1 is 0.727 bits per heavy atom. The molecule has 1 atom stereocenters. The van der Waals surface area contributed by atoms with Crippen molar-refractivity contribution in [3.05, 3.63) is 0 Å². The summed E-state index contributed by atoms with van der Waals surface area (Å²) >= 11 is 0. The summed E-state index contributed by atoms with van der Waals surface area (Å²) in [7, 11) is 0. The molecule has 22 heavy (non-hydrogen) atoms. The third kappa shape index (κ3) is 16.2. The van der Waals surface area contributed by atoms with E-state index < -0.39 is 0 Å². The van der Waals surface area contributed by atoms with E-state index >= 15 is 0 Å². The maximum absolute atomic E-state index is 8.54. The van der Waals surface area contributed by atoms with Crippen molar-refractivity contribution in [2.75, 3.05) is 46.2 Å². The quantitative estimate of drug-likeness (QED) is 0.390. The van der Waals surface area contributed by atoms with Crippen molar-refractivity contribution in [1.82, 2.24) is 0 Å². The van der Waals surface area contributed by atoms with E-state index in [1.54, 1.807) is 0 Å². The van der Waals surface area contributed by atoms with Crippen LogP contribution in [0.5, 0.6) is 0 Å². The molecule has 0 aliphatic carbocycles. The molecule has 0 aromatic carbocycles. The summed E-state index contributed by atoms with van der Waals surface area (Å²) in [6.45, 7) is 8.21. The molecule has 0 amide bonds. The van der Waals surface area contributed by atoms with Gasteiger partial charge in [0.15, 0.2) is 0 Å². The largest absolute Gasteiger partial charge is 0.394 e. The van der Waals surface area contributed by atoms with E-state index in [2.05, 4.69) is 13.8 Å². The molecule has 0 saturated heterocycles. The molecule has 0 spiro atoms. The van der Waals surface area contributed by atoms with E-state index in [1.807, 2.05) is 0 Å². The smallest absolute Gasteiger partial charge is 0.0701 e. The third-order valence-electron chi connectivity index (χ3n) is 3.88. The zero-order valence-corrected chi connectivity index (χ0v) is 14.9. The van der Waals surface area contributed by atoms with E-state index in [0.717, 1.165) is 6.61 Å². The fourth-order valence-electron chi connectivity index (χ4n) is 2.37. The minimum atomic E-state index is 0.0696. The number of aliphatic hydroxyl groups is 1. The van der Waals surface area contributed by atoms with E-state index in [9.17, 15) is 0 Å². The molecule has 0 heterocycles. The van der Waals surface area contributed by atoms with Crippen LogP contribution in [0.25, 0.3) is 0 Å². The molecular weight excluding hydrogens is 280 g/mol. The molecule has 1 N–H and O–H groups in total. The zero-order chi connectivity index (χ0) is 16.3. The number of rotatable bonds is 18. The predicted octanol–water partition coefficient (Wildman–Crippen LogP) is 3.81. The number of hydrogen-bond acceptors (Lipinski definition) is 4. The van der Waals surface area contributed by atoms with Crippen molar-refractivity contribution in [3.8, 4) is 0 Å². The van der Waals surface area contributed by atoms with Gasteiger partial charge >= 0.3 is 0 Å². The predicted molar refractivity (Wildman–Crippen MR) is 91.3 cm³/mol. The topological polar surface area (TPSA) is 47.9 Å². The summed E-state index contributed by atoms with van der Waals surface area (Å²) < 4.78 is 16.2. The summed E-state index contributed by atoms with van der Waals surface area (Å²) in [6.07, 6.45) is 10.7. The average molecular weight is 318 g/mol. The first-order chi connectivity index (χ1) is 10.8. The Balaban J connectivity index is 3.28. The molecule has 0 rings (SSSR count). The zero-order valence-electron chi connectivity index (χ0n) is 14.9. The lowest BCUT2D eigenvalue weighted by molar-refractivity contribution is 0.000937. The fourth-order valence-corrected chi connectivity index (χ4v) is 2.37. The van der Waals surface area contributed by atoms with Crippen LogP contribution in [0.15, 0.2) is 0 Å². The molecule has 0 fully saturated rings. The van der Waals surface area contributed by atoms with Crippen LogP contribution < -0.4 is 0 Å². The van der Waals surface area contributed by atoms with Crippen molar-refractivity contribution >= 4 is 0 Å². The highest BCUT2D eigenvalue weighted by Crippen LogP contribution is 2.15. The Hall–Kier alpha value is -0.160. The molecular formula is C18H38O4. The number of hydrogen-bond donors (Lipinski definition) is 1. The lowest BCUT2D eigenvalue weighted by Gasteiger charge is -2.15. The van der Waals surface area contributed by atoms with Crippen molar-refractivity contribution in [1.29, 1.82) is 0 Å². The van der Waals surface area contributed by atoms with E-state index in [0.29, 0.717) is 39.0 Å². The highest BCUT2D eigenvalue weighted by atomic mass is 16.5. The van der Waals surface area contributed by atoms with Crippen LogP contribution in [0.3, 0.4) is 0 Å². The highest BCUT2D eigenvalue weighted by molar-refractivity contribution is 4.57. The van der Waals surface area contributed by atoms with Crippen LogP contribution in [0.1, 0.15) is 65.2 Å². The molecule has 0 bridgehead atoms. The van der Waals surface area contributed by atoms with E-state index in [1.165, 1.54) is 51.4 Å². The Kier molecular flexibility index (Phi) is 18.8. The van der Waals surface area contributed by atoms with Crippen molar-refractivity contribution < 1.29 is 19.3 Å². The van der Waals surface area contributed by atoms with Gasteiger partial charge in [-0.3, -0.25) is 0 Å². The van der Waals surface area contributed by atoms with E-state index in [4.69, 9.17) is 19.3 Å². The van der Waals surface area contributed by atoms with Crippen LogP contribution >= 0.6 is 0 Å². The Morgan fingerprint density at radius 3 is 1.95 bits per heavy atom. The number of unbranched alkanes of at least 4 members (excludes halogenated alkanes) is 5. The monoisotopic (exact) mass is 318 g/mol. The molecule has 0 aliphatic rings. The fraction of sp³-hybridized carbons (Fsp3) is 1.00. The standard InChI is InChI=1S/C18H38O4/c1-3-5-6-7-8-9-10-18(4-2)17-22-16-15-21-14-13-20-12-11-19/h18-19H,3-17H2,1-2H3. The molecule has 4 nitrogen and oxygen atoms in total.